The number of rotatable bonds is 9. The molecular weight excluding hydrogens is 663 g/mol. The minimum atomic E-state index is -0.273. The van der Waals surface area contributed by atoms with Crippen LogP contribution in [0.4, 0.5) is 5.69 Å². The summed E-state index contributed by atoms with van der Waals surface area (Å²) in [7, 11) is 0. The molecule has 0 spiro atoms. The topological polar surface area (TPSA) is 94.8 Å². The van der Waals surface area contributed by atoms with E-state index in [2.05, 4.69) is 53.9 Å². The van der Waals surface area contributed by atoms with Gasteiger partial charge in [0.2, 0.25) is 0 Å². The summed E-state index contributed by atoms with van der Waals surface area (Å²) in [4.78, 5) is 30.3. The molecule has 196 valence electrons. The number of nitrogens with one attached hydrogen (secondary N) is 1. The van der Waals surface area contributed by atoms with E-state index in [-0.39, 0.29) is 18.1 Å². The second-order valence-corrected chi connectivity index (χ2v) is 10.4. The third kappa shape index (κ3) is 6.41. The average molecular weight is 689 g/mol. The Labute approximate surface area is 242 Å². The number of halogens is 2. The number of carbonyl (C=O) groups is 1. The number of aromatic nitrogens is 2. The Kier molecular flexibility index (Phi) is 9.16. The quantitative estimate of drug-likeness (QED) is 0.174. The number of ether oxygens (including phenoxy) is 2. The molecule has 4 aromatic rings. The van der Waals surface area contributed by atoms with Gasteiger partial charge in [0, 0.05) is 16.6 Å². The highest BCUT2D eigenvalue weighted by Crippen LogP contribution is 2.34. The van der Waals surface area contributed by atoms with E-state index in [4.69, 9.17) is 9.47 Å². The Bertz CT molecular complexity index is 1590. The molecule has 1 N–H and O–H groups in total. The van der Waals surface area contributed by atoms with Crippen LogP contribution >= 0.6 is 38.5 Å². The standard InChI is InChI=1S/C28H26BrIN4O4/c1-4-25-32-23-11-10-19(29)14-20(23)28(36)34(25)31-15-18-12-21(30)27(24(13-18)37-5-2)38-16-26(35)33-22-9-7-6-8-17(22)3/h6-15H,4-5,16H2,1-3H3,(H,33,35). The van der Waals surface area contributed by atoms with E-state index in [1.807, 2.05) is 63.2 Å². The van der Waals surface area contributed by atoms with Crippen LogP contribution in [0.1, 0.15) is 30.8 Å². The molecule has 38 heavy (non-hydrogen) atoms. The van der Waals surface area contributed by atoms with E-state index in [0.717, 1.165) is 19.3 Å². The van der Waals surface area contributed by atoms with Crippen LogP contribution in [0.5, 0.6) is 11.5 Å². The van der Waals surface area contributed by atoms with E-state index < -0.39 is 0 Å². The summed E-state index contributed by atoms with van der Waals surface area (Å²) in [5.41, 5.74) is 2.79. The molecule has 8 nitrogen and oxygen atoms in total. The van der Waals surface area contributed by atoms with Crippen LogP contribution in [0.25, 0.3) is 10.9 Å². The van der Waals surface area contributed by atoms with Crippen LogP contribution in [-0.4, -0.2) is 35.0 Å². The zero-order valence-corrected chi connectivity index (χ0v) is 24.9. The molecule has 1 aromatic heterocycles. The largest absolute Gasteiger partial charge is 0.490 e. The molecule has 0 saturated carbocycles. The minimum Gasteiger partial charge on any atom is -0.490 e. The predicted molar refractivity (Wildman–Crippen MR) is 162 cm³/mol. The molecule has 0 saturated heterocycles. The highest BCUT2D eigenvalue weighted by Gasteiger charge is 2.15. The van der Waals surface area contributed by atoms with E-state index in [1.54, 1.807) is 18.3 Å². The Hall–Kier alpha value is -3.25. The molecule has 0 fully saturated rings. The van der Waals surface area contributed by atoms with Crippen LogP contribution < -0.4 is 20.3 Å². The maximum atomic E-state index is 13.2. The number of anilines is 1. The van der Waals surface area contributed by atoms with E-state index in [0.29, 0.717) is 46.8 Å². The average Bonchev–Trinajstić information content (AvgIpc) is 2.89. The maximum absolute atomic E-state index is 13.2. The fraction of sp³-hybridized carbons (Fsp3) is 0.214. The van der Waals surface area contributed by atoms with Gasteiger partial charge in [-0.3, -0.25) is 9.59 Å². The molecule has 1 amide bonds. The van der Waals surface area contributed by atoms with Crippen molar-refractivity contribution >= 4 is 67.2 Å². The lowest BCUT2D eigenvalue weighted by atomic mass is 10.2. The van der Waals surface area contributed by atoms with Gasteiger partial charge >= 0.3 is 0 Å². The Morgan fingerprint density at radius 3 is 2.68 bits per heavy atom. The summed E-state index contributed by atoms with van der Waals surface area (Å²) in [6.45, 7) is 5.96. The first-order valence-corrected chi connectivity index (χ1v) is 13.9. The maximum Gasteiger partial charge on any atom is 0.282 e. The molecule has 3 aromatic carbocycles. The summed E-state index contributed by atoms with van der Waals surface area (Å²) < 4.78 is 14.5. The molecule has 0 aliphatic heterocycles. The monoisotopic (exact) mass is 688 g/mol. The summed E-state index contributed by atoms with van der Waals surface area (Å²) >= 11 is 5.55. The number of carbonyl (C=O) groups excluding carboxylic acids is 1. The normalized spacial score (nSPS) is 11.2. The van der Waals surface area contributed by atoms with Crippen LogP contribution in [0.15, 0.2) is 69.0 Å². The first kappa shape index (κ1) is 27.8. The number of para-hydroxylation sites is 1. The third-order valence-corrected chi connectivity index (χ3v) is 6.91. The lowest BCUT2D eigenvalue weighted by Crippen LogP contribution is -2.22. The number of hydrogen-bond acceptors (Lipinski definition) is 6. The number of hydrogen-bond donors (Lipinski definition) is 1. The van der Waals surface area contributed by atoms with Crippen molar-refractivity contribution in [3.63, 3.8) is 0 Å². The summed E-state index contributed by atoms with van der Waals surface area (Å²) in [6, 6.07) is 16.6. The van der Waals surface area contributed by atoms with E-state index in [9.17, 15) is 9.59 Å². The van der Waals surface area contributed by atoms with Crippen LogP contribution in [0, 0.1) is 10.5 Å². The highest BCUT2D eigenvalue weighted by atomic mass is 127. The minimum absolute atomic E-state index is 0.175. The highest BCUT2D eigenvalue weighted by molar-refractivity contribution is 14.1. The van der Waals surface area contributed by atoms with Gasteiger partial charge in [-0.15, -0.1) is 0 Å². The van der Waals surface area contributed by atoms with Gasteiger partial charge in [-0.25, -0.2) is 4.98 Å². The molecule has 10 heteroatoms. The second-order valence-electron chi connectivity index (χ2n) is 8.32. The van der Waals surface area contributed by atoms with Crippen LogP contribution in [-0.2, 0) is 11.2 Å². The lowest BCUT2D eigenvalue weighted by molar-refractivity contribution is -0.118. The van der Waals surface area contributed by atoms with E-state index >= 15 is 0 Å². The van der Waals surface area contributed by atoms with Gasteiger partial charge < -0.3 is 14.8 Å². The first-order chi connectivity index (χ1) is 18.3. The zero-order chi connectivity index (χ0) is 27.2. The molecule has 0 unspecified atom stereocenters. The van der Waals surface area contributed by atoms with Gasteiger partial charge in [0.25, 0.3) is 11.5 Å². The van der Waals surface area contributed by atoms with Gasteiger partial charge in [0.05, 0.1) is 27.3 Å². The molecule has 1 heterocycles. The number of amides is 1. The smallest absolute Gasteiger partial charge is 0.282 e. The van der Waals surface area contributed by atoms with Gasteiger partial charge in [0.15, 0.2) is 18.1 Å². The van der Waals surface area contributed by atoms with Crippen molar-refractivity contribution < 1.29 is 14.3 Å². The molecule has 0 radical (unpaired) electrons. The van der Waals surface area contributed by atoms with Gasteiger partial charge in [-0.05, 0) is 84.0 Å². The number of benzene rings is 3. The molecule has 0 atom stereocenters. The Balaban J connectivity index is 1.59. The summed E-state index contributed by atoms with van der Waals surface area (Å²) in [6.07, 6.45) is 2.13. The van der Waals surface area contributed by atoms with Crippen molar-refractivity contribution in [3.8, 4) is 11.5 Å². The molecule has 0 aliphatic rings. The third-order valence-electron chi connectivity index (χ3n) is 5.61. The SMILES string of the molecule is CCOc1cc(C=Nn2c(CC)nc3ccc(Br)cc3c2=O)cc(I)c1OCC(=O)Nc1ccccc1C. The number of aryl methyl sites for hydroxylation is 2. The predicted octanol–water partition coefficient (Wildman–Crippen LogP) is 5.93. The summed E-state index contributed by atoms with van der Waals surface area (Å²) in [5.74, 6) is 1.23. The second kappa shape index (κ2) is 12.5. The van der Waals surface area contributed by atoms with Gasteiger partial charge in [-0.2, -0.15) is 9.78 Å². The fourth-order valence-corrected chi connectivity index (χ4v) is 4.91. The number of fused-ring (bicyclic) bond motifs is 1. The van der Waals surface area contributed by atoms with Crippen molar-refractivity contribution in [2.24, 2.45) is 5.10 Å². The van der Waals surface area contributed by atoms with Crippen LogP contribution in [0.2, 0.25) is 0 Å². The van der Waals surface area contributed by atoms with Crippen LogP contribution in [0.3, 0.4) is 0 Å². The fourth-order valence-electron chi connectivity index (χ4n) is 3.77. The van der Waals surface area contributed by atoms with Crippen molar-refractivity contribution in [1.82, 2.24) is 9.66 Å². The van der Waals surface area contributed by atoms with Crippen molar-refractivity contribution in [3.05, 3.63) is 89.9 Å². The first-order valence-electron chi connectivity index (χ1n) is 12.0. The summed E-state index contributed by atoms with van der Waals surface area (Å²) in [5, 5.41) is 7.81. The Morgan fingerprint density at radius 2 is 1.95 bits per heavy atom. The molecule has 0 bridgehead atoms. The van der Waals surface area contributed by atoms with Crippen molar-refractivity contribution in [1.29, 1.82) is 0 Å². The molecule has 0 aliphatic carbocycles. The van der Waals surface area contributed by atoms with Crippen molar-refractivity contribution in [2.45, 2.75) is 27.2 Å². The Morgan fingerprint density at radius 1 is 1.16 bits per heavy atom. The van der Waals surface area contributed by atoms with E-state index in [1.165, 1.54) is 4.68 Å². The zero-order valence-electron chi connectivity index (χ0n) is 21.1. The molecule has 4 rings (SSSR count). The van der Waals surface area contributed by atoms with Crippen molar-refractivity contribution in [2.75, 3.05) is 18.5 Å². The lowest BCUT2D eigenvalue weighted by Gasteiger charge is -2.15. The molecular formula is C28H26BrIN4O4. The van der Waals surface area contributed by atoms with Gasteiger partial charge in [-0.1, -0.05) is 41.1 Å². The van der Waals surface area contributed by atoms with Gasteiger partial charge in [0.1, 0.15) is 5.82 Å². The number of nitrogens with zero attached hydrogens (tertiary/aromatic N) is 3.